The molecule has 7 nitrogen and oxygen atoms in total. The average molecular weight is 428 g/mol. The Morgan fingerprint density at radius 3 is 2.37 bits per heavy atom. The van der Waals surface area contributed by atoms with E-state index in [1.807, 2.05) is 20.8 Å². The lowest BCUT2D eigenvalue weighted by molar-refractivity contribution is 0.0210. The number of carbonyl (C=O) groups is 2. The van der Waals surface area contributed by atoms with E-state index in [1.54, 1.807) is 17.0 Å². The lowest BCUT2D eigenvalue weighted by Crippen LogP contribution is -2.44. The number of hydrogen-bond acceptors (Lipinski definition) is 6. The second-order valence-corrected chi connectivity index (χ2v) is 8.13. The van der Waals surface area contributed by atoms with Crippen molar-refractivity contribution in [3.8, 4) is 5.75 Å². The van der Waals surface area contributed by atoms with Gasteiger partial charge in [-0.1, -0.05) is 0 Å². The Kier molecular flexibility index (Phi) is 8.25. The molecule has 1 aliphatic heterocycles. The SMILES string of the molecule is COC(=O)c1cc(OC(CF)CF)ccc1NC1CCN(C(=O)OC(C)(C)C)CC1. The van der Waals surface area contributed by atoms with Crippen LogP contribution in [0.5, 0.6) is 5.75 Å². The molecule has 0 unspecified atom stereocenters. The van der Waals surface area contributed by atoms with E-state index in [9.17, 15) is 18.4 Å². The van der Waals surface area contributed by atoms with Gasteiger partial charge in [0.25, 0.3) is 0 Å². The first-order valence-corrected chi connectivity index (χ1v) is 9.92. The molecule has 0 spiro atoms. The molecule has 1 aromatic carbocycles. The maximum absolute atomic E-state index is 12.7. The topological polar surface area (TPSA) is 77.1 Å². The fraction of sp³-hybridized carbons (Fsp3) is 0.619. The molecule has 168 valence electrons. The molecular weight excluding hydrogens is 398 g/mol. The van der Waals surface area contributed by atoms with Crippen LogP contribution in [0.4, 0.5) is 19.3 Å². The summed E-state index contributed by atoms with van der Waals surface area (Å²) >= 11 is 0. The summed E-state index contributed by atoms with van der Waals surface area (Å²) < 4.78 is 40.9. The first-order chi connectivity index (χ1) is 14.2. The van der Waals surface area contributed by atoms with Gasteiger partial charge in [-0.2, -0.15) is 0 Å². The third-order valence-electron chi connectivity index (χ3n) is 4.55. The van der Waals surface area contributed by atoms with Crippen molar-refractivity contribution in [2.45, 2.75) is 51.4 Å². The van der Waals surface area contributed by atoms with Crippen LogP contribution in [0, 0.1) is 0 Å². The molecule has 1 N–H and O–H groups in total. The number of benzene rings is 1. The largest absolute Gasteiger partial charge is 0.485 e. The van der Waals surface area contributed by atoms with Crippen LogP contribution in [-0.4, -0.2) is 68.3 Å². The van der Waals surface area contributed by atoms with Crippen LogP contribution in [0.3, 0.4) is 0 Å². The van der Waals surface area contributed by atoms with Gasteiger partial charge in [-0.15, -0.1) is 0 Å². The number of carbonyl (C=O) groups excluding carboxylic acids is 2. The standard InChI is InChI=1S/C21H30F2N2O5/c1-21(2,3)30-20(27)25-9-7-14(8-10-25)24-18-6-5-15(29-16(12-22)13-23)11-17(18)19(26)28-4/h5-6,11,14,16,24H,7-10,12-13H2,1-4H3. The third kappa shape index (κ3) is 6.74. The maximum Gasteiger partial charge on any atom is 0.410 e. The van der Waals surface area contributed by atoms with E-state index in [1.165, 1.54) is 13.2 Å². The van der Waals surface area contributed by atoms with Crippen molar-refractivity contribution in [2.24, 2.45) is 0 Å². The van der Waals surface area contributed by atoms with Crippen LogP contribution >= 0.6 is 0 Å². The fourth-order valence-corrected chi connectivity index (χ4v) is 3.05. The Morgan fingerprint density at radius 1 is 1.20 bits per heavy atom. The number of piperidine rings is 1. The number of ether oxygens (including phenoxy) is 3. The number of esters is 1. The lowest BCUT2D eigenvalue weighted by atomic mass is 10.0. The van der Waals surface area contributed by atoms with Crippen molar-refractivity contribution in [1.29, 1.82) is 0 Å². The summed E-state index contributed by atoms with van der Waals surface area (Å²) in [5.74, 6) is -0.410. The number of likely N-dealkylation sites (tertiary alicyclic amines) is 1. The van der Waals surface area contributed by atoms with Crippen LogP contribution < -0.4 is 10.1 Å². The number of methoxy groups -OCH3 is 1. The number of halogens is 2. The van der Waals surface area contributed by atoms with Gasteiger partial charge >= 0.3 is 12.1 Å². The first kappa shape index (κ1) is 23.7. The average Bonchev–Trinajstić information content (AvgIpc) is 2.71. The minimum atomic E-state index is -1.22. The molecule has 1 aliphatic rings. The highest BCUT2D eigenvalue weighted by atomic mass is 19.1. The van der Waals surface area contributed by atoms with E-state index in [2.05, 4.69) is 5.32 Å². The molecule has 0 bridgehead atoms. The summed E-state index contributed by atoms with van der Waals surface area (Å²) in [7, 11) is 1.25. The monoisotopic (exact) mass is 428 g/mol. The third-order valence-corrected chi connectivity index (χ3v) is 4.55. The summed E-state index contributed by atoms with van der Waals surface area (Å²) in [4.78, 5) is 26.0. The van der Waals surface area contributed by atoms with E-state index in [4.69, 9.17) is 14.2 Å². The highest BCUT2D eigenvalue weighted by Gasteiger charge is 2.27. The van der Waals surface area contributed by atoms with Crippen LogP contribution in [0.1, 0.15) is 44.0 Å². The molecule has 1 amide bonds. The van der Waals surface area contributed by atoms with Crippen LogP contribution in [0.25, 0.3) is 0 Å². The van der Waals surface area contributed by atoms with Gasteiger partial charge in [0.1, 0.15) is 24.7 Å². The zero-order valence-electron chi connectivity index (χ0n) is 17.9. The molecule has 1 fully saturated rings. The minimum Gasteiger partial charge on any atom is -0.485 e. The number of rotatable bonds is 7. The van der Waals surface area contributed by atoms with Gasteiger partial charge < -0.3 is 24.4 Å². The van der Waals surface area contributed by atoms with Crippen molar-refractivity contribution in [3.63, 3.8) is 0 Å². The molecule has 1 heterocycles. The van der Waals surface area contributed by atoms with Crippen LogP contribution in [-0.2, 0) is 9.47 Å². The summed E-state index contributed by atoms with van der Waals surface area (Å²) in [5, 5.41) is 3.30. The first-order valence-electron chi connectivity index (χ1n) is 9.92. The molecule has 0 radical (unpaired) electrons. The summed E-state index contributed by atoms with van der Waals surface area (Å²) in [6.07, 6.45) is -0.215. The van der Waals surface area contributed by atoms with Crippen molar-refractivity contribution >= 4 is 17.7 Å². The van der Waals surface area contributed by atoms with Gasteiger partial charge in [0.05, 0.1) is 12.7 Å². The molecule has 0 aliphatic carbocycles. The molecular formula is C21H30F2N2O5. The predicted octanol–water partition coefficient (Wildman–Crippen LogP) is 3.97. The Bertz CT molecular complexity index is 727. The number of hydrogen-bond donors (Lipinski definition) is 1. The highest BCUT2D eigenvalue weighted by molar-refractivity contribution is 5.96. The summed E-state index contributed by atoms with van der Waals surface area (Å²) in [6, 6.07) is 4.60. The van der Waals surface area contributed by atoms with Gasteiger partial charge in [0, 0.05) is 24.8 Å². The zero-order valence-corrected chi connectivity index (χ0v) is 17.9. The summed E-state index contributed by atoms with van der Waals surface area (Å²) in [6.45, 7) is 4.57. The van der Waals surface area contributed by atoms with E-state index < -0.39 is 31.0 Å². The van der Waals surface area contributed by atoms with Crippen molar-refractivity contribution in [1.82, 2.24) is 4.90 Å². The molecule has 0 aromatic heterocycles. The lowest BCUT2D eigenvalue weighted by Gasteiger charge is -2.34. The fourth-order valence-electron chi connectivity index (χ4n) is 3.05. The second-order valence-electron chi connectivity index (χ2n) is 8.13. The predicted molar refractivity (Wildman–Crippen MR) is 109 cm³/mol. The van der Waals surface area contributed by atoms with Crippen LogP contribution in [0.2, 0.25) is 0 Å². The van der Waals surface area contributed by atoms with E-state index in [0.717, 1.165) is 0 Å². The van der Waals surface area contributed by atoms with Gasteiger partial charge in [0.2, 0.25) is 0 Å². The smallest absolute Gasteiger partial charge is 0.410 e. The molecule has 9 heteroatoms. The number of amides is 1. The number of alkyl halides is 2. The molecule has 0 saturated carbocycles. The van der Waals surface area contributed by atoms with Crippen LogP contribution in [0.15, 0.2) is 18.2 Å². The van der Waals surface area contributed by atoms with E-state index >= 15 is 0 Å². The Morgan fingerprint density at radius 2 is 1.83 bits per heavy atom. The quantitative estimate of drug-likeness (QED) is 0.663. The zero-order chi connectivity index (χ0) is 22.3. The number of nitrogens with one attached hydrogen (secondary N) is 1. The van der Waals surface area contributed by atoms with Crippen molar-refractivity contribution in [3.05, 3.63) is 23.8 Å². The molecule has 30 heavy (non-hydrogen) atoms. The highest BCUT2D eigenvalue weighted by Crippen LogP contribution is 2.27. The normalized spacial score (nSPS) is 15.1. The maximum atomic E-state index is 12.7. The minimum absolute atomic E-state index is 0.0308. The second kappa shape index (κ2) is 10.4. The van der Waals surface area contributed by atoms with Gasteiger partial charge in [0.15, 0.2) is 6.10 Å². The molecule has 0 atom stereocenters. The number of anilines is 1. The van der Waals surface area contributed by atoms with E-state index in [-0.39, 0.29) is 23.4 Å². The molecule has 2 rings (SSSR count). The Balaban J connectivity index is 2.04. The molecule has 1 saturated heterocycles. The molecule has 1 aromatic rings. The Labute approximate surface area is 175 Å². The number of nitrogens with zero attached hydrogens (tertiary/aromatic N) is 1. The van der Waals surface area contributed by atoms with Gasteiger partial charge in [-0.3, -0.25) is 0 Å². The van der Waals surface area contributed by atoms with E-state index in [0.29, 0.717) is 31.6 Å². The van der Waals surface area contributed by atoms with Gasteiger partial charge in [-0.25, -0.2) is 18.4 Å². The van der Waals surface area contributed by atoms with Gasteiger partial charge in [-0.05, 0) is 51.8 Å². The van der Waals surface area contributed by atoms with Crippen molar-refractivity contribution in [2.75, 3.05) is 38.9 Å². The van der Waals surface area contributed by atoms with Crippen molar-refractivity contribution < 1.29 is 32.6 Å². The summed E-state index contributed by atoms with van der Waals surface area (Å²) in [5.41, 5.74) is 0.192. The Hall–Kier alpha value is -2.58.